The molecule has 4 heterocycles. The lowest BCUT2D eigenvalue weighted by Crippen LogP contribution is -2.36. The Hall–Kier alpha value is -3.82. The van der Waals surface area contributed by atoms with Crippen LogP contribution in [0.3, 0.4) is 0 Å². The van der Waals surface area contributed by atoms with Gasteiger partial charge in [0.05, 0.1) is 29.3 Å². The highest BCUT2D eigenvalue weighted by atomic mass is 35.5. The molecule has 2 aromatic heterocycles. The van der Waals surface area contributed by atoms with Gasteiger partial charge in [-0.2, -0.15) is 0 Å². The Morgan fingerprint density at radius 3 is 2.65 bits per heavy atom. The van der Waals surface area contributed by atoms with Gasteiger partial charge < -0.3 is 23.9 Å². The minimum absolute atomic E-state index is 0.0386. The largest absolute Gasteiger partial charge is 0.494 e. The SMILES string of the molecule is COc1cc(C(=O)O)cc2c1nc([C@H](C)N1CCC(c3cccc4c3O[C@@](C)(c3ccc(Cl)cn3)O4)CC1)n2C. The molecule has 2 aliphatic rings. The van der Waals surface area contributed by atoms with Crippen LogP contribution in [0.1, 0.15) is 66.1 Å². The molecule has 1 N–H and O–H groups in total. The van der Waals surface area contributed by atoms with E-state index in [1.807, 2.05) is 36.7 Å². The average molecular weight is 563 g/mol. The maximum Gasteiger partial charge on any atom is 0.335 e. The van der Waals surface area contributed by atoms with Crippen LogP contribution in [0, 0.1) is 0 Å². The van der Waals surface area contributed by atoms with Crippen molar-refractivity contribution < 1.29 is 24.1 Å². The molecule has 2 aromatic carbocycles. The fraction of sp³-hybridized carbons (Fsp3) is 0.367. The Morgan fingerprint density at radius 1 is 1.20 bits per heavy atom. The van der Waals surface area contributed by atoms with Gasteiger partial charge in [0.15, 0.2) is 11.5 Å². The van der Waals surface area contributed by atoms with E-state index in [-0.39, 0.29) is 11.6 Å². The molecule has 1 fully saturated rings. The third-order valence-electron chi connectivity index (χ3n) is 8.15. The number of para-hydroxylation sites is 1. The Balaban J connectivity index is 1.20. The predicted octanol–water partition coefficient (Wildman–Crippen LogP) is 5.91. The van der Waals surface area contributed by atoms with Crippen molar-refractivity contribution in [3.8, 4) is 17.2 Å². The molecular weight excluding hydrogens is 532 g/mol. The molecule has 2 atom stereocenters. The number of pyridine rings is 1. The number of hydrogen-bond donors (Lipinski definition) is 1. The zero-order chi connectivity index (χ0) is 28.2. The zero-order valence-electron chi connectivity index (χ0n) is 22.8. The van der Waals surface area contributed by atoms with Gasteiger partial charge in [-0.3, -0.25) is 9.88 Å². The van der Waals surface area contributed by atoms with Crippen molar-refractivity contribution in [2.75, 3.05) is 20.2 Å². The first-order valence-electron chi connectivity index (χ1n) is 13.3. The van der Waals surface area contributed by atoms with Gasteiger partial charge in [0.2, 0.25) is 0 Å². The number of nitrogens with zero attached hydrogens (tertiary/aromatic N) is 4. The summed E-state index contributed by atoms with van der Waals surface area (Å²) in [7, 11) is 3.46. The number of ether oxygens (including phenoxy) is 3. The minimum Gasteiger partial charge on any atom is -0.494 e. The zero-order valence-corrected chi connectivity index (χ0v) is 23.6. The number of carboxylic acid groups (broad SMARTS) is 1. The van der Waals surface area contributed by atoms with E-state index in [1.165, 1.54) is 13.2 Å². The molecule has 1 saturated heterocycles. The monoisotopic (exact) mass is 562 g/mol. The van der Waals surface area contributed by atoms with Crippen LogP contribution in [0.2, 0.25) is 5.02 Å². The minimum atomic E-state index is -1.01. The number of aromatic nitrogens is 3. The number of carbonyl (C=O) groups is 1. The summed E-state index contributed by atoms with van der Waals surface area (Å²) in [4.78, 5) is 23.4. The third-order valence-corrected chi connectivity index (χ3v) is 8.37. The van der Waals surface area contributed by atoms with Crippen molar-refractivity contribution in [2.45, 2.75) is 44.4 Å². The number of benzene rings is 2. The number of imidazole rings is 1. The van der Waals surface area contributed by atoms with E-state index in [1.54, 1.807) is 18.3 Å². The molecule has 9 nitrogen and oxygen atoms in total. The van der Waals surface area contributed by atoms with E-state index in [0.717, 1.165) is 54.3 Å². The summed E-state index contributed by atoms with van der Waals surface area (Å²) in [6.45, 7) is 5.79. The smallest absolute Gasteiger partial charge is 0.335 e. The summed E-state index contributed by atoms with van der Waals surface area (Å²) < 4.78 is 20.1. The van der Waals surface area contributed by atoms with Crippen LogP contribution >= 0.6 is 11.6 Å². The van der Waals surface area contributed by atoms with E-state index < -0.39 is 11.8 Å². The fourth-order valence-electron chi connectivity index (χ4n) is 5.91. The van der Waals surface area contributed by atoms with Gasteiger partial charge in [0, 0.05) is 25.7 Å². The highest BCUT2D eigenvalue weighted by Gasteiger charge is 2.42. The van der Waals surface area contributed by atoms with Crippen molar-refractivity contribution in [3.05, 3.63) is 76.3 Å². The van der Waals surface area contributed by atoms with Crippen LogP contribution in [0.5, 0.6) is 17.2 Å². The van der Waals surface area contributed by atoms with Crippen LogP contribution in [0.15, 0.2) is 48.7 Å². The van der Waals surface area contributed by atoms with E-state index in [9.17, 15) is 9.90 Å². The van der Waals surface area contributed by atoms with Crippen LogP contribution in [-0.2, 0) is 12.8 Å². The first-order chi connectivity index (χ1) is 19.2. The highest BCUT2D eigenvalue weighted by Crippen LogP contribution is 2.49. The molecule has 0 amide bonds. The van der Waals surface area contributed by atoms with Crippen molar-refractivity contribution in [1.29, 1.82) is 0 Å². The lowest BCUT2D eigenvalue weighted by atomic mass is 9.88. The molecule has 0 spiro atoms. The van der Waals surface area contributed by atoms with Gasteiger partial charge in [-0.25, -0.2) is 9.78 Å². The second-order valence-corrected chi connectivity index (χ2v) is 11.0. The number of rotatable bonds is 6. The fourth-order valence-corrected chi connectivity index (χ4v) is 6.02. The molecule has 0 bridgehead atoms. The van der Waals surface area contributed by atoms with E-state index in [4.69, 9.17) is 30.8 Å². The van der Waals surface area contributed by atoms with Crippen LogP contribution < -0.4 is 14.2 Å². The second kappa shape index (κ2) is 9.98. The summed E-state index contributed by atoms with van der Waals surface area (Å²) in [5, 5.41) is 10.1. The first-order valence-corrected chi connectivity index (χ1v) is 13.7. The first kappa shape index (κ1) is 26.4. The number of hydrogen-bond acceptors (Lipinski definition) is 7. The van der Waals surface area contributed by atoms with Crippen molar-refractivity contribution in [3.63, 3.8) is 0 Å². The molecule has 0 saturated carbocycles. The summed E-state index contributed by atoms with van der Waals surface area (Å²) >= 11 is 6.03. The van der Waals surface area contributed by atoms with Crippen molar-refractivity contribution >= 4 is 28.6 Å². The molecule has 208 valence electrons. The molecule has 0 radical (unpaired) electrons. The number of aromatic carboxylic acids is 1. The lowest BCUT2D eigenvalue weighted by molar-refractivity contribution is -0.0722. The molecule has 0 aliphatic carbocycles. The standard InChI is InChI=1S/C30H31ClN4O5/c1-17(28-33-26-22(34(28)3)14-19(29(36)37)15-24(26)38-4)35-12-10-18(11-13-35)21-6-5-7-23-27(21)40-30(2,39-23)25-9-8-20(31)16-32-25/h5-9,14-18H,10-13H2,1-4H3,(H,36,37)/t17-,30-/m0/s1. The number of halogens is 1. The summed E-state index contributed by atoms with van der Waals surface area (Å²) in [6.07, 6.45) is 3.51. The Morgan fingerprint density at radius 2 is 1.98 bits per heavy atom. The molecule has 40 heavy (non-hydrogen) atoms. The van der Waals surface area contributed by atoms with Gasteiger partial charge in [0.25, 0.3) is 5.79 Å². The number of carboxylic acids is 1. The van der Waals surface area contributed by atoms with Gasteiger partial charge >= 0.3 is 5.97 Å². The molecule has 2 aliphatic heterocycles. The molecule has 4 aromatic rings. The van der Waals surface area contributed by atoms with Gasteiger partial charge in [-0.15, -0.1) is 0 Å². The number of methoxy groups -OCH3 is 1. The summed E-state index contributed by atoms with van der Waals surface area (Å²) in [5.41, 5.74) is 3.40. The molecule has 10 heteroatoms. The second-order valence-electron chi connectivity index (χ2n) is 10.6. The maximum absolute atomic E-state index is 11.6. The van der Waals surface area contributed by atoms with Crippen LogP contribution in [0.25, 0.3) is 11.0 Å². The van der Waals surface area contributed by atoms with Gasteiger partial charge in [-0.1, -0.05) is 23.7 Å². The van der Waals surface area contributed by atoms with E-state index in [0.29, 0.717) is 27.9 Å². The van der Waals surface area contributed by atoms with Gasteiger partial charge in [-0.05, 0) is 69.1 Å². The third kappa shape index (κ3) is 4.43. The van der Waals surface area contributed by atoms with Crippen LogP contribution in [0.4, 0.5) is 0 Å². The number of aryl methyl sites for hydroxylation is 1. The Bertz CT molecular complexity index is 1600. The summed E-state index contributed by atoms with van der Waals surface area (Å²) in [5.74, 6) is 1.15. The molecule has 6 rings (SSSR count). The van der Waals surface area contributed by atoms with E-state index >= 15 is 0 Å². The Labute approximate surface area is 237 Å². The quantitative estimate of drug-likeness (QED) is 0.309. The number of likely N-dealkylation sites (tertiary alicyclic amines) is 1. The lowest BCUT2D eigenvalue weighted by Gasteiger charge is -2.36. The van der Waals surface area contributed by atoms with Crippen molar-refractivity contribution in [2.24, 2.45) is 7.05 Å². The normalized spacial score (nSPS) is 20.1. The number of fused-ring (bicyclic) bond motifs is 2. The van der Waals surface area contributed by atoms with Crippen LogP contribution in [-0.4, -0.2) is 50.7 Å². The van der Waals surface area contributed by atoms with E-state index in [2.05, 4.69) is 22.9 Å². The van der Waals surface area contributed by atoms with Gasteiger partial charge in [0.1, 0.15) is 22.8 Å². The average Bonchev–Trinajstić information content (AvgIpc) is 3.49. The Kier molecular flexibility index (Phi) is 6.59. The highest BCUT2D eigenvalue weighted by molar-refractivity contribution is 6.30. The topological polar surface area (TPSA) is 98.9 Å². The molecular formula is C30H31ClN4O5. The maximum atomic E-state index is 11.6. The number of piperidine rings is 1. The predicted molar refractivity (Wildman–Crippen MR) is 150 cm³/mol. The summed E-state index contributed by atoms with van der Waals surface area (Å²) in [6, 6.07) is 12.9. The van der Waals surface area contributed by atoms with Crippen molar-refractivity contribution in [1.82, 2.24) is 19.4 Å². The molecule has 0 unspecified atom stereocenters.